The molecule has 0 spiro atoms. The maximum atomic E-state index is 15.5. The summed E-state index contributed by atoms with van der Waals surface area (Å²) in [5.74, 6) is 1.36. The molecule has 6 rings (SSSR count). The number of aromatic nitrogens is 4. The molecule has 1 aromatic carbocycles. The lowest BCUT2D eigenvalue weighted by Crippen LogP contribution is -2.30. The number of aliphatic hydroxyl groups is 1. The van der Waals surface area contributed by atoms with Crippen LogP contribution in [0.1, 0.15) is 29.5 Å². The Hall–Kier alpha value is -3.46. The van der Waals surface area contributed by atoms with Gasteiger partial charge in [-0.2, -0.15) is 0 Å². The molecular formula is C23H22FN5O3. The highest BCUT2D eigenvalue weighted by molar-refractivity contribution is 5.94. The summed E-state index contributed by atoms with van der Waals surface area (Å²) in [6.07, 6.45) is 3.73. The standard InChI is InChI=1S/C23H22FN5O3/c1-12-19(13(2)32-27-12)16-8-17(24)20-21-22(16)31-11-18(14-4-3-6-25-9-14)29(21)23(26-20)28-7-5-15(30)10-28/h3-4,6,8-9,15,18,30H,5,7,10-11H2,1-2H3/t15-,18?/m1/s1. The van der Waals surface area contributed by atoms with Gasteiger partial charge in [-0.3, -0.25) is 9.55 Å². The first kappa shape index (κ1) is 19.2. The summed E-state index contributed by atoms with van der Waals surface area (Å²) in [4.78, 5) is 11.0. The molecule has 4 aromatic rings. The molecule has 1 saturated heterocycles. The first-order valence-corrected chi connectivity index (χ1v) is 10.7. The highest BCUT2D eigenvalue weighted by Gasteiger charge is 2.36. The molecule has 0 amide bonds. The van der Waals surface area contributed by atoms with Crippen LogP contribution in [-0.2, 0) is 0 Å². The molecule has 1 fully saturated rings. The molecule has 32 heavy (non-hydrogen) atoms. The number of aliphatic hydroxyl groups excluding tert-OH is 1. The van der Waals surface area contributed by atoms with E-state index in [2.05, 4.69) is 10.1 Å². The summed E-state index contributed by atoms with van der Waals surface area (Å²) < 4.78 is 29.1. The third-order valence-corrected chi connectivity index (χ3v) is 6.36. The van der Waals surface area contributed by atoms with Crippen LogP contribution in [0.25, 0.3) is 22.2 Å². The number of halogens is 1. The normalized spacial score (nSPS) is 20.2. The molecule has 1 unspecified atom stereocenters. The Kier molecular flexibility index (Phi) is 4.23. The van der Waals surface area contributed by atoms with Crippen LogP contribution in [0.2, 0.25) is 0 Å². The van der Waals surface area contributed by atoms with E-state index in [9.17, 15) is 5.11 Å². The Balaban J connectivity index is 1.66. The molecule has 0 radical (unpaired) electrons. The number of imidazole rings is 1. The van der Waals surface area contributed by atoms with Gasteiger partial charge >= 0.3 is 0 Å². The van der Waals surface area contributed by atoms with Crippen molar-refractivity contribution in [1.82, 2.24) is 19.7 Å². The average Bonchev–Trinajstić information content (AvgIpc) is 3.49. The van der Waals surface area contributed by atoms with Crippen LogP contribution in [0, 0.1) is 19.7 Å². The van der Waals surface area contributed by atoms with Crippen LogP contribution in [0.4, 0.5) is 10.3 Å². The first-order chi connectivity index (χ1) is 15.5. The van der Waals surface area contributed by atoms with Crippen molar-refractivity contribution in [2.24, 2.45) is 0 Å². The van der Waals surface area contributed by atoms with Crippen LogP contribution in [-0.4, -0.2) is 50.6 Å². The van der Waals surface area contributed by atoms with Gasteiger partial charge in [-0.1, -0.05) is 11.2 Å². The van der Waals surface area contributed by atoms with Crippen molar-refractivity contribution in [3.8, 4) is 16.9 Å². The summed E-state index contributed by atoms with van der Waals surface area (Å²) in [5.41, 5.74) is 3.79. The predicted molar refractivity (Wildman–Crippen MR) is 115 cm³/mol. The van der Waals surface area contributed by atoms with E-state index >= 15 is 4.39 Å². The minimum absolute atomic E-state index is 0.228. The average molecular weight is 435 g/mol. The molecule has 8 nitrogen and oxygen atoms in total. The van der Waals surface area contributed by atoms with Gasteiger partial charge in [0.25, 0.3) is 0 Å². The Morgan fingerprint density at radius 2 is 2.16 bits per heavy atom. The quantitative estimate of drug-likeness (QED) is 0.528. The van der Waals surface area contributed by atoms with Gasteiger partial charge in [0, 0.05) is 31.0 Å². The number of rotatable bonds is 3. The lowest BCUT2D eigenvalue weighted by Gasteiger charge is -2.30. The Morgan fingerprint density at radius 1 is 1.28 bits per heavy atom. The van der Waals surface area contributed by atoms with E-state index in [1.807, 2.05) is 28.5 Å². The van der Waals surface area contributed by atoms with Crippen molar-refractivity contribution >= 4 is 17.0 Å². The number of hydrogen-bond donors (Lipinski definition) is 1. The third-order valence-electron chi connectivity index (χ3n) is 6.36. The number of pyridine rings is 1. The number of β-amino-alcohol motifs (C(OH)–C–C–N with tert-alkyl or cyclic N) is 1. The molecule has 3 aromatic heterocycles. The van der Waals surface area contributed by atoms with Gasteiger partial charge in [-0.15, -0.1) is 0 Å². The maximum absolute atomic E-state index is 15.5. The topological polar surface area (TPSA) is 89.4 Å². The van der Waals surface area contributed by atoms with Gasteiger partial charge in [-0.05, 0) is 38.0 Å². The van der Waals surface area contributed by atoms with Crippen molar-refractivity contribution in [3.05, 3.63) is 53.4 Å². The summed E-state index contributed by atoms with van der Waals surface area (Å²) in [7, 11) is 0. The molecule has 0 aliphatic carbocycles. The molecule has 2 atom stereocenters. The van der Waals surface area contributed by atoms with Crippen molar-refractivity contribution in [3.63, 3.8) is 0 Å². The fourth-order valence-electron chi connectivity index (χ4n) is 4.89. The highest BCUT2D eigenvalue weighted by atomic mass is 19.1. The van der Waals surface area contributed by atoms with E-state index in [4.69, 9.17) is 14.2 Å². The zero-order valence-corrected chi connectivity index (χ0v) is 17.7. The smallest absolute Gasteiger partial charge is 0.207 e. The van der Waals surface area contributed by atoms with E-state index in [-0.39, 0.29) is 11.6 Å². The summed E-state index contributed by atoms with van der Waals surface area (Å²) in [6.45, 7) is 5.09. The van der Waals surface area contributed by atoms with E-state index in [1.54, 1.807) is 19.3 Å². The SMILES string of the molecule is Cc1noc(C)c1-c1cc(F)c2nc(N3CC[C@@H](O)C3)n3c2c1OCC3c1cccnc1. The minimum atomic E-state index is -0.436. The first-order valence-electron chi connectivity index (χ1n) is 10.7. The van der Waals surface area contributed by atoms with Crippen molar-refractivity contribution < 1.29 is 18.8 Å². The lowest BCUT2D eigenvalue weighted by atomic mass is 10.00. The van der Waals surface area contributed by atoms with Crippen LogP contribution in [0.3, 0.4) is 0 Å². The van der Waals surface area contributed by atoms with E-state index in [0.29, 0.717) is 60.3 Å². The van der Waals surface area contributed by atoms with Crippen molar-refractivity contribution in [2.75, 3.05) is 24.6 Å². The van der Waals surface area contributed by atoms with Crippen molar-refractivity contribution in [1.29, 1.82) is 0 Å². The predicted octanol–water partition coefficient (Wildman–Crippen LogP) is 3.40. The minimum Gasteiger partial charge on any atom is -0.488 e. The van der Waals surface area contributed by atoms with Gasteiger partial charge in [0.05, 0.1) is 23.4 Å². The largest absolute Gasteiger partial charge is 0.488 e. The Labute approximate surface area is 183 Å². The molecule has 2 aliphatic rings. The number of benzene rings is 1. The van der Waals surface area contributed by atoms with Crippen LogP contribution in [0.15, 0.2) is 35.1 Å². The molecule has 2 aliphatic heterocycles. The molecular weight excluding hydrogens is 413 g/mol. The summed E-state index contributed by atoms with van der Waals surface area (Å²) >= 11 is 0. The number of ether oxygens (including phenoxy) is 1. The van der Waals surface area contributed by atoms with E-state index in [0.717, 1.165) is 11.1 Å². The van der Waals surface area contributed by atoms with Gasteiger partial charge in [0.2, 0.25) is 5.95 Å². The van der Waals surface area contributed by atoms with Gasteiger partial charge < -0.3 is 19.3 Å². The van der Waals surface area contributed by atoms with Gasteiger partial charge in [0.1, 0.15) is 23.4 Å². The Morgan fingerprint density at radius 3 is 2.84 bits per heavy atom. The summed E-state index contributed by atoms with van der Waals surface area (Å²) in [6, 6.07) is 5.08. The molecule has 1 N–H and O–H groups in total. The zero-order valence-electron chi connectivity index (χ0n) is 17.7. The Bertz CT molecular complexity index is 1310. The second-order valence-corrected chi connectivity index (χ2v) is 8.41. The second kappa shape index (κ2) is 7.03. The number of aryl methyl sites for hydroxylation is 2. The van der Waals surface area contributed by atoms with Crippen LogP contribution in [0.5, 0.6) is 5.75 Å². The van der Waals surface area contributed by atoms with E-state index in [1.165, 1.54) is 6.07 Å². The highest BCUT2D eigenvalue weighted by Crippen LogP contribution is 2.47. The molecule has 9 heteroatoms. The van der Waals surface area contributed by atoms with E-state index < -0.39 is 11.9 Å². The maximum Gasteiger partial charge on any atom is 0.207 e. The number of hydrogen-bond acceptors (Lipinski definition) is 7. The number of anilines is 1. The van der Waals surface area contributed by atoms with Gasteiger partial charge in [0.15, 0.2) is 11.6 Å². The van der Waals surface area contributed by atoms with Crippen LogP contribution >= 0.6 is 0 Å². The lowest BCUT2D eigenvalue weighted by molar-refractivity contribution is 0.198. The molecule has 0 saturated carbocycles. The zero-order chi connectivity index (χ0) is 22.0. The molecule has 164 valence electrons. The monoisotopic (exact) mass is 435 g/mol. The third kappa shape index (κ3) is 2.74. The second-order valence-electron chi connectivity index (χ2n) is 8.41. The fraction of sp³-hybridized carbons (Fsp3) is 0.348. The van der Waals surface area contributed by atoms with Gasteiger partial charge in [-0.25, -0.2) is 9.37 Å². The molecule has 0 bridgehead atoms. The molecule has 5 heterocycles. The van der Waals surface area contributed by atoms with Crippen molar-refractivity contribution in [2.45, 2.75) is 32.4 Å². The summed E-state index contributed by atoms with van der Waals surface area (Å²) in [5, 5.41) is 14.2. The fourth-order valence-corrected chi connectivity index (χ4v) is 4.89. The van der Waals surface area contributed by atoms with Crippen LogP contribution < -0.4 is 9.64 Å². The number of nitrogens with zero attached hydrogens (tertiary/aromatic N) is 5.